The summed E-state index contributed by atoms with van der Waals surface area (Å²) < 4.78 is 4.77. The molecule has 6 nitrogen and oxygen atoms in total. The molecule has 0 aliphatic heterocycles. The standard InChI is InChI=1S/C13H15N3O3/c1-9(8-14)19-12(17)10(2)15-13(18)16-11-6-4-3-5-7-11/h3-7,9-10H,1-2H3,(H2,15,16,18)/t9-,10+/m1/s1. The molecule has 0 heterocycles. The number of ether oxygens (including phenoxy) is 1. The van der Waals surface area contributed by atoms with E-state index in [0.29, 0.717) is 5.69 Å². The van der Waals surface area contributed by atoms with Gasteiger partial charge in [0.15, 0.2) is 6.10 Å². The molecule has 100 valence electrons. The van der Waals surface area contributed by atoms with Gasteiger partial charge in [-0.2, -0.15) is 5.26 Å². The zero-order chi connectivity index (χ0) is 14.3. The predicted octanol–water partition coefficient (Wildman–Crippen LogP) is 1.65. The highest BCUT2D eigenvalue weighted by Crippen LogP contribution is 2.04. The van der Waals surface area contributed by atoms with E-state index in [-0.39, 0.29) is 0 Å². The zero-order valence-corrected chi connectivity index (χ0v) is 10.7. The molecule has 1 aromatic carbocycles. The molecule has 0 saturated carbocycles. The summed E-state index contributed by atoms with van der Waals surface area (Å²) in [6.07, 6.45) is -0.839. The fraction of sp³-hybridized carbons (Fsp3) is 0.308. The largest absolute Gasteiger partial charge is 0.446 e. The van der Waals surface area contributed by atoms with Gasteiger partial charge in [-0.3, -0.25) is 0 Å². The number of benzene rings is 1. The van der Waals surface area contributed by atoms with E-state index in [1.807, 2.05) is 6.07 Å². The molecule has 2 N–H and O–H groups in total. The second-order valence-corrected chi connectivity index (χ2v) is 3.89. The molecule has 1 rings (SSSR count). The van der Waals surface area contributed by atoms with Crippen LogP contribution in [0.1, 0.15) is 13.8 Å². The molecular weight excluding hydrogens is 246 g/mol. The smallest absolute Gasteiger partial charge is 0.329 e. The first kappa shape index (κ1) is 14.5. The third-order valence-electron chi connectivity index (χ3n) is 2.21. The maximum atomic E-state index is 11.6. The van der Waals surface area contributed by atoms with Crippen LogP contribution in [0.2, 0.25) is 0 Å². The number of carbonyl (C=O) groups excluding carboxylic acids is 2. The van der Waals surface area contributed by atoms with Gasteiger partial charge in [-0.05, 0) is 26.0 Å². The molecular formula is C13H15N3O3. The minimum absolute atomic E-state index is 0.514. The number of nitrogens with zero attached hydrogens (tertiary/aromatic N) is 1. The number of hydrogen-bond donors (Lipinski definition) is 2. The molecule has 2 amide bonds. The van der Waals surface area contributed by atoms with E-state index in [0.717, 1.165) is 0 Å². The van der Waals surface area contributed by atoms with E-state index in [2.05, 4.69) is 10.6 Å². The van der Waals surface area contributed by atoms with Gasteiger partial charge in [0.05, 0.1) is 0 Å². The van der Waals surface area contributed by atoms with Crippen molar-refractivity contribution in [2.75, 3.05) is 5.32 Å². The van der Waals surface area contributed by atoms with Crippen molar-refractivity contribution in [1.29, 1.82) is 5.26 Å². The van der Waals surface area contributed by atoms with E-state index in [9.17, 15) is 9.59 Å². The summed E-state index contributed by atoms with van der Waals surface area (Å²) in [7, 11) is 0. The molecule has 0 saturated heterocycles. The van der Waals surface area contributed by atoms with Crippen molar-refractivity contribution in [2.45, 2.75) is 26.0 Å². The Balaban J connectivity index is 2.44. The van der Waals surface area contributed by atoms with Crippen LogP contribution in [-0.2, 0) is 9.53 Å². The second kappa shape index (κ2) is 7.01. The minimum Gasteiger partial charge on any atom is -0.446 e. The highest BCUT2D eigenvalue weighted by atomic mass is 16.5. The summed E-state index contributed by atoms with van der Waals surface area (Å²) >= 11 is 0. The summed E-state index contributed by atoms with van der Waals surface area (Å²) in [5, 5.41) is 13.5. The lowest BCUT2D eigenvalue weighted by Gasteiger charge is -2.14. The van der Waals surface area contributed by atoms with Gasteiger partial charge in [-0.25, -0.2) is 9.59 Å². The van der Waals surface area contributed by atoms with Gasteiger partial charge in [0, 0.05) is 5.69 Å². The van der Waals surface area contributed by atoms with Crippen LogP contribution in [0.4, 0.5) is 10.5 Å². The van der Waals surface area contributed by atoms with Crippen molar-refractivity contribution in [3.05, 3.63) is 30.3 Å². The predicted molar refractivity (Wildman–Crippen MR) is 69.2 cm³/mol. The van der Waals surface area contributed by atoms with Crippen molar-refractivity contribution >= 4 is 17.7 Å². The quantitative estimate of drug-likeness (QED) is 0.806. The lowest BCUT2D eigenvalue weighted by Crippen LogP contribution is -2.42. The normalized spacial score (nSPS) is 12.7. The number of urea groups is 1. The molecule has 2 atom stereocenters. The minimum atomic E-state index is -0.839. The summed E-state index contributed by atoms with van der Waals surface area (Å²) in [4.78, 5) is 23.1. The third-order valence-corrected chi connectivity index (χ3v) is 2.21. The highest BCUT2D eigenvalue weighted by molar-refractivity contribution is 5.92. The molecule has 6 heteroatoms. The Morgan fingerprint density at radius 3 is 2.47 bits per heavy atom. The average Bonchev–Trinajstić information content (AvgIpc) is 2.39. The van der Waals surface area contributed by atoms with Crippen molar-refractivity contribution in [3.63, 3.8) is 0 Å². The van der Waals surface area contributed by atoms with Gasteiger partial charge >= 0.3 is 12.0 Å². The SMILES string of the molecule is C[C@H](C#N)OC(=O)[C@H](C)NC(=O)Nc1ccccc1. The van der Waals surface area contributed by atoms with Gasteiger partial charge < -0.3 is 15.4 Å². The number of carbonyl (C=O) groups is 2. The Bertz CT molecular complexity index is 482. The first-order chi connectivity index (χ1) is 9.02. The van der Waals surface area contributed by atoms with E-state index < -0.39 is 24.1 Å². The van der Waals surface area contributed by atoms with Crippen LogP contribution in [0, 0.1) is 11.3 Å². The molecule has 0 bridgehead atoms. The monoisotopic (exact) mass is 261 g/mol. The molecule has 0 spiro atoms. The van der Waals surface area contributed by atoms with E-state index in [4.69, 9.17) is 10.00 Å². The van der Waals surface area contributed by atoms with Gasteiger partial charge in [0.25, 0.3) is 0 Å². The molecule has 0 unspecified atom stereocenters. The van der Waals surface area contributed by atoms with E-state index >= 15 is 0 Å². The number of anilines is 1. The van der Waals surface area contributed by atoms with Gasteiger partial charge in [-0.15, -0.1) is 0 Å². The van der Waals surface area contributed by atoms with Crippen LogP contribution < -0.4 is 10.6 Å². The molecule has 0 aliphatic rings. The molecule has 1 aromatic rings. The molecule has 0 radical (unpaired) electrons. The number of nitriles is 1. The number of rotatable bonds is 4. The lowest BCUT2D eigenvalue weighted by molar-refractivity contribution is -0.147. The summed E-state index contributed by atoms with van der Waals surface area (Å²) in [5.41, 5.74) is 0.617. The second-order valence-electron chi connectivity index (χ2n) is 3.89. The van der Waals surface area contributed by atoms with Crippen LogP contribution in [0.3, 0.4) is 0 Å². The zero-order valence-electron chi connectivity index (χ0n) is 10.7. The van der Waals surface area contributed by atoms with Gasteiger partial charge in [0.1, 0.15) is 12.1 Å². The first-order valence-corrected chi connectivity index (χ1v) is 5.75. The fourth-order valence-corrected chi connectivity index (χ4v) is 1.25. The Kier molecular flexibility index (Phi) is 5.35. The molecule has 0 aromatic heterocycles. The molecule has 0 fully saturated rings. The number of esters is 1. The number of para-hydroxylation sites is 1. The van der Waals surface area contributed by atoms with E-state index in [1.54, 1.807) is 30.3 Å². The highest BCUT2D eigenvalue weighted by Gasteiger charge is 2.19. The Morgan fingerprint density at radius 1 is 1.26 bits per heavy atom. The fourth-order valence-electron chi connectivity index (χ4n) is 1.25. The average molecular weight is 261 g/mol. The van der Waals surface area contributed by atoms with Crippen LogP contribution in [0.15, 0.2) is 30.3 Å². The number of amides is 2. The van der Waals surface area contributed by atoms with Crippen molar-refractivity contribution < 1.29 is 14.3 Å². The molecule has 0 aliphatic carbocycles. The van der Waals surface area contributed by atoms with Crippen molar-refractivity contribution in [3.8, 4) is 6.07 Å². The van der Waals surface area contributed by atoms with Crippen molar-refractivity contribution in [1.82, 2.24) is 5.32 Å². The maximum absolute atomic E-state index is 11.6. The maximum Gasteiger partial charge on any atom is 0.329 e. The van der Waals surface area contributed by atoms with E-state index in [1.165, 1.54) is 13.8 Å². The summed E-state index contributed by atoms with van der Waals surface area (Å²) in [5.74, 6) is -0.655. The van der Waals surface area contributed by atoms with Crippen LogP contribution in [-0.4, -0.2) is 24.1 Å². The number of hydrogen-bond acceptors (Lipinski definition) is 4. The van der Waals surface area contributed by atoms with Crippen LogP contribution >= 0.6 is 0 Å². The number of nitrogens with one attached hydrogen (secondary N) is 2. The van der Waals surface area contributed by atoms with Crippen LogP contribution in [0.25, 0.3) is 0 Å². The Hall–Kier alpha value is -2.55. The lowest BCUT2D eigenvalue weighted by atomic mass is 10.3. The van der Waals surface area contributed by atoms with Gasteiger partial charge in [-0.1, -0.05) is 18.2 Å². The first-order valence-electron chi connectivity index (χ1n) is 5.75. The third kappa shape index (κ3) is 5.08. The summed E-state index contributed by atoms with van der Waals surface area (Å²) in [6, 6.07) is 9.26. The van der Waals surface area contributed by atoms with Crippen molar-refractivity contribution in [2.24, 2.45) is 0 Å². The Labute approximate surface area is 111 Å². The topological polar surface area (TPSA) is 91.2 Å². The van der Waals surface area contributed by atoms with Gasteiger partial charge in [0.2, 0.25) is 0 Å². The molecule has 19 heavy (non-hydrogen) atoms. The Morgan fingerprint density at radius 2 is 1.89 bits per heavy atom. The van der Waals surface area contributed by atoms with Crippen LogP contribution in [0.5, 0.6) is 0 Å². The summed E-state index contributed by atoms with van der Waals surface area (Å²) in [6.45, 7) is 2.94.